The van der Waals surface area contributed by atoms with Gasteiger partial charge in [-0.2, -0.15) is 0 Å². The monoisotopic (exact) mass is 677 g/mol. The second kappa shape index (κ2) is 12.9. The zero-order valence-corrected chi connectivity index (χ0v) is 28.6. The molecule has 4 heteroatoms. The van der Waals surface area contributed by atoms with Crippen LogP contribution in [-0.2, 0) is 0 Å². The van der Waals surface area contributed by atoms with Gasteiger partial charge in [-0.1, -0.05) is 170 Å². The molecule has 10 rings (SSSR count). The lowest BCUT2D eigenvalue weighted by Crippen LogP contribution is -2.00. The Balaban J connectivity index is 1.03. The van der Waals surface area contributed by atoms with E-state index >= 15 is 0 Å². The van der Waals surface area contributed by atoms with Crippen LogP contribution in [0.25, 0.3) is 100 Å². The van der Waals surface area contributed by atoms with Gasteiger partial charge in [0.15, 0.2) is 17.5 Å². The molecule has 0 atom stereocenters. The quantitative estimate of drug-likeness (QED) is 0.176. The molecule has 10 aromatic rings. The largest absolute Gasteiger partial charge is 0.456 e. The molecule has 0 amide bonds. The molecule has 0 bridgehead atoms. The molecular formula is C49H31N3O. The summed E-state index contributed by atoms with van der Waals surface area (Å²) >= 11 is 0. The van der Waals surface area contributed by atoms with Gasteiger partial charge in [0.25, 0.3) is 0 Å². The first-order valence-electron chi connectivity index (χ1n) is 17.8. The van der Waals surface area contributed by atoms with Gasteiger partial charge in [-0.15, -0.1) is 0 Å². The SMILES string of the molecule is c1ccc(-c2ccc(-c3ccc(-c4nc(-c5ccc(-c6cccc7oc8ccccc8c67)cc5)nc(-c5ccc6ccccc6c5)n4)cc3)cc2)cc1. The number of aromatic nitrogens is 3. The van der Waals surface area contributed by atoms with Crippen molar-refractivity contribution in [2.24, 2.45) is 0 Å². The number of fused-ring (bicyclic) bond motifs is 4. The van der Waals surface area contributed by atoms with Crippen LogP contribution in [0.4, 0.5) is 0 Å². The predicted molar refractivity (Wildman–Crippen MR) is 217 cm³/mol. The van der Waals surface area contributed by atoms with Gasteiger partial charge in [-0.05, 0) is 62.4 Å². The van der Waals surface area contributed by atoms with Crippen LogP contribution < -0.4 is 0 Å². The van der Waals surface area contributed by atoms with E-state index in [-0.39, 0.29) is 0 Å². The van der Waals surface area contributed by atoms with Crippen molar-refractivity contribution in [3.05, 3.63) is 188 Å². The minimum Gasteiger partial charge on any atom is -0.456 e. The van der Waals surface area contributed by atoms with Crippen LogP contribution in [0.15, 0.2) is 192 Å². The second-order valence-electron chi connectivity index (χ2n) is 13.2. The van der Waals surface area contributed by atoms with Crippen molar-refractivity contribution in [1.82, 2.24) is 15.0 Å². The fraction of sp³-hybridized carbons (Fsp3) is 0. The maximum atomic E-state index is 6.17. The molecule has 0 aliphatic carbocycles. The Hall–Kier alpha value is -7.17. The molecule has 0 aliphatic rings. The zero-order chi connectivity index (χ0) is 35.1. The number of hydrogen-bond acceptors (Lipinski definition) is 4. The van der Waals surface area contributed by atoms with E-state index in [1.165, 1.54) is 16.5 Å². The molecule has 2 aromatic heterocycles. The summed E-state index contributed by atoms with van der Waals surface area (Å²) in [5, 5.41) is 4.54. The molecule has 2 heterocycles. The topological polar surface area (TPSA) is 51.8 Å². The first-order valence-corrected chi connectivity index (χ1v) is 17.8. The van der Waals surface area contributed by atoms with E-state index in [2.05, 4.69) is 158 Å². The van der Waals surface area contributed by atoms with Crippen molar-refractivity contribution in [3.8, 4) is 67.5 Å². The van der Waals surface area contributed by atoms with E-state index in [0.29, 0.717) is 17.5 Å². The second-order valence-corrected chi connectivity index (χ2v) is 13.2. The number of nitrogens with zero attached hydrogens (tertiary/aromatic N) is 3. The summed E-state index contributed by atoms with van der Waals surface area (Å²) < 4.78 is 6.17. The Morgan fingerprint density at radius 1 is 0.302 bits per heavy atom. The lowest BCUT2D eigenvalue weighted by Gasteiger charge is -2.11. The number of para-hydroxylation sites is 1. The van der Waals surface area contributed by atoms with Crippen LogP contribution in [-0.4, -0.2) is 15.0 Å². The van der Waals surface area contributed by atoms with Crippen LogP contribution in [0.3, 0.4) is 0 Å². The van der Waals surface area contributed by atoms with Crippen LogP contribution >= 0.6 is 0 Å². The predicted octanol–water partition coefficient (Wildman–Crippen LogP) is 12.9. The first kappa shape index (κ1) is 30.6. The summed E-state index contributed by atoms with van der Waals surface area (Å²) in [5.41, 5.74) is 11.5. The highest BCUT2D eigenvalue weighted by atomic mass is 16.3. The van der Waals surface area contributed by atoms with Crippen LogP contribution in [0.5, 0.6) is 0 Å². The Bertz CT molecular complexity index is 2910. The van der Waals surface area contributed by atoms with E-state index in [4.69, 9.17) is 19.4 Å². The van der Waals surface area contributed by atoms with Crippen molar-refractivity contribution in [1.29, 1.82) is 0 Å². The van der Waals surface area contributed by atoms with E-state index in [1.54, 1.807) is 0 Å². The summed E-state index contributed by atoms with van der Waals surface area (Å²) in [6, 6.07) is 65.3. The molecule has 0 spiro atoms. The molecule has 0 radical (unpaired) electrons. The van der Waals surface area contributed by atoms with Gasteiger partial charge < -0.3 is 4.42 Å². The molecule has 0 saturated heterocycles. The molecule has 8 aromatic carbocycles. The Kier molecular flexibility index (Phi) is 7.43. The zero-order valence-electron chi connectivity index (χ0n) is 28.6. The lowest BCUT2D eigenvalue weighted by molar-refractivity contribution is 0.669. The van der Waals surface area contributed by atoms with Crippen LogP contribution in [0.2, 0.25) is 0 Å². The molecule has 0 N–H and O–H groups in total. The average Bonchev–Trinajstić information content (AvgIpc) is 3.63. The molecule has 53 heavy (non-hydrogen) atoms. The maximum absolute atomic E-state index is 6.17. The highest BCUT2D eigenvalue weighted by molar-refractivity contribution is 6.12. The third kappa shape index (κ3) is 5.73. The third-order valence-corrected chi connectivity index (χ3v) is 9.97. The lowest BCUT2D eigenvalue weighted by atomic mass is 9.98. The molecule has 0 unspecified atom stereocenters. The van der Waals surface area contributed by atoms with Crippen LogP contribution in [0, 0.1) is 0 Å². The van der Waals surface area contributed by atoms with Gasteiger partial charge in [-0.25, -0.2) is 15.0 Å². The molecule has 0 fully saturated rings. The number of benzene rings is 8. The normalized spacial score (nSPS) is 11.4. The number of rotatable bonds is 6. The van der Waals surface area contributed by atoms with Crippen LogP contribution in [0.1, 0.15) is 0 Å². The van der Waals surface area contributed by atoms with Gasteiger partial charge in [0.2, 0.25) is 0 Å². The summed E-state index contributed by atoms with van der Waals surface area (Å²) in [5.74, 6) is 1.88. The fourth-order valence-corrected chi connectivity index (χ4v) is 7.20. The average molecular weight is 678 g/mol. The van der Waals surface area contributed by atoms with Gasteiger partial charge in [-0.3, -0.25) is 0 Å². The summed E-state index contributed by atoms with van der Waals surface area (Å²) in [7, 11) is 0. The molecule has 0 aliphatic heterocycles. The van der Waals surface area contributed by atoms with Crippen molar-refractivity contribution in [2.45, 2.75) is 0 Å². The van der Waals surface area contributed by atoms with E-state index < -0.39 is 0 Å². The van der Waals surface area contributed by atoms with Gasteiger partial charge in [0.1, 0.15) is 11.2 Å². The molecule has 248 valence electrons. The summed E-state index contributed by atoms with van der Waals surface area (Å²) in [6.45, 7) is 0. The van der Waals surface area contributed by atoms with Gasteiger partial charge in [0.05, 0.1) is 0 Å². The van der Waals surface area contributed by atoms with E-state index in [0.717, 1.165) is 66.3 Å². The van der Waals surface area contributed by atoms with Crippen molar-refractivity contribution in [2.75, 3.05) is 0 Å². The Labute approximate surface area is 306 Å². The third-order valence-electron chi connectivity index (χ3n) is 9.97. The highest BCUT2D eigenvalue weighted by Crippen LogP contribution is 2.37. The van der Waals surface area contributed by atoms with E-state index in [1.807, 2.05) is 30.3 Å². The summed E-state index contributed by atoms with van der Waals surface area (Å²) in [6.07, 6.45) is 0. The molecule has 4 nitrogen and oxygen atoms in total. The minimum absolute atomic E-state index is 0.622. The molecular weight excluding hydrogens is 647 g/mol. The van der Waals surface area contributed by atoms with Crippen molar-refractivity contribution in [3.63, 3.8) is 0 Å². The van der Waals surface area contributed by atoms with Crippen molar-refractivity contribution < 1.29 is 4.42 Å². The maximum Gasteiger partial charge on any atom is 0.164 e. The molecule has 0 saturated carbocycles. The number of furan rings is 1. The fourth-order valence-electron chi connectivity index (χ4n) is 7.20. The van der Waals surface area contributed by atoms with E-state index in [9.17, 15) is 0 Å². The first-order chi connectivity index (χ1) is 26.2. The highest BCUT2D eigenvalue weighted by Gasteiger charge is 2.15. The summed E-state index contributed by atoms with van der Waals surface area (Å²) in [4.78, 5) is 15.2. The standard InChI is InChI=1S/C49H31N3O/c1-2-9-32(10-3-1)34-17-19-35(20-18-34)36-21-26-38(27-22-36)47-50-48(52-49(51-47)41-30-23-33-11-4-5-12-40(33)31-41)39-28-24-37(25-29-39)42-14-8-16-45-46(42)43-13-6-7-15-44(43)53-45/h1-31H. The van der Waals surface area contributed by atoms with Crippen molar-refractivity contribution >= 4 is 32.7 Å². The Morgan fingerprint density at radius 3 is 1.43 bits per heavy atom. The minimum atomic E-state index is 0.622. The Morgan fingerprint density at radius 2 is 0.774 bits per heavy atom. The number of hydrogen-bond donors (Lipinski definition) is 0. The smallest absolute Gasteiger partial charge is 0.164 e. The van der Waals surface area contributed by atoms with Gasteiger partial charge >= 0.3 is 0 Å². The van der Waals surface area contributed by atoms with Gasteiger partial charge in [0, 0.05) is 27.5 Å².